The maximum Gasteiger partial charge on any atom is 0.334 e. The van der Waals surface area contributed by atoms with Crippen molar-refractivity contribution in [2.75, 3.05) is 31.1 Å². The van der Waals surface area contributed by atoms with Crippen LogP contribution in [-0.4, -0.2) is 59.5 Å². The predicted octanol–water partition coefficient (Wildman–Crippen LogP) is 1.12. The van der Waals surface area contributed by atoms with Crippen LogP contribution < -0.4 is 4.90 Å². The Morgan fingerprint density at radius 3 is 2.86 bits per heavy atom. The summed E-state index contributed by atoms with van der Waals surface area (Å²) in [6, 6.07) is 6.10. The monoisotopic (exact) mass is 294 g/mol. The summed E-state index contributed by atoms with van der Waals surface area (Å²) in [6.07, 6.45) is -0.995. The summed E-state index contributed by atoms with van der Waals surface area (Å²) >= 11 is 0. The van der Waals surface area contributed by atoms with E-state index in [-0.39, 0.29) is 24.9 Å². The minimum Gasteiger partial charge on any atom is -0.508 e. The molecule has 0 radical (unpaired) electrons. The lowest BCUT2D eigenvalue weighted by Gasteiger charge is -2.34. The smallest absolute Gasteiger partial charge is 0.334 e. The van der Waals surface area contributed by atoms with Gasteiger partial charge in [0.25, 0.3) is 0 Å². The SMILES string of the molecule is CCN(C(=O)N1CCOC(C(=O)O)C1)c1cccc(O)c1. The number of rotatable bonds is 3. The van der Waals surface area contributed by atoms with Gasteiger partial charge in [-0.25, -0.2) is 9.59 Å². The van der Waals surface area contributed by atoms with E-state index in [1.807, 2.05) is 6.92 Å². The number of amides is 2. The number of carbonyl (C=O) groups excluding carboxylic acids is 1. The topological polar surface area (TPSA) is 90.3 Å². The molecule has 1 atom stereocenters. The second kappa shape index (κ2) is 6.45. The third-order valence-electron chi connectivity index (χ3n) is 3.30. The molecule has 1 unspecified atom stereocenters. The van der Waals surface area contributed by atoms with Gasteiger partial charge in [0.05, 0.1) is 13.2 Å². The van der Waals surface area contributed by atoms with Crippen LogP contribution in [0.1, 0.15) is 6.92 Å². The fourth-order valence-corrected chi connectivity index (χ4v) is 2.23. The van der Waals surface area contributed by atoms with Crippen LogP contribution in [0.25, 0.3) is 0 Å². The van der Waals surface area contributed by atoms with Crippen LogP contribution in [0, 0.1) is 0 Å². The van der Waals surface area contributed by atoms with Gasteiger partial charge in [0, 0.05) is 24.8 Å². The fourth-order valence-electron chi connectivity index (χ4n) is 2.23. The largest absolute Gasteiger partial charge is 0.508 e. The highest BCUT2D eigenvalue weighted by molar-refractivity contribution is 5.92. The molecule has 0 bridgehead atoms. The molecule has 2 N–H and O–H groups in total. The van der Waals surface area contributed by atoms with E-state index in [2.05, 4.69) is 0 Å². The maximum absolute atomic E-state index is 12.5. The standard InChI is InChI=1S/C14H18N2O5/c1-2-16(10-4-3-5-11(17)8-10)14(20)15-6-7-21-12(9-15)13(18)19/h3-5,8,12,17H,2,6-7,9H2,1H3,(H,18,19). The Bertz CT molecular complexity index is 534. The third kappa shape index (κ3) is 3.43. The number of hydrogen-bond acceptors (Lipinski definition) is 4. The minimum atomic E-state index is -1.08. The Kier molecular flexibility index (Phi) is 4.64. The number of carboxylic acids is 1. The zero-order valence-corrected chi connectivity index (χ0v) is 11.7. The van der Waals surface area contributed by atoms with Crippen molar-refractivity contribution in [1.29, 1.82) is 0 Å². The summed E-state index contributed by atoms with van der Waals surface area (Å²) in [7, 11) is 0. The zero-order valence-electron chi connectivity index (χ0n) is 11.7. The van der Waals surface area contributed by atoms with E-state index < -0.39 is 12.1 Å². The molecule has 2 amide bonds. The molecule has 1 aliphatic heterocycles. The second-order valence-corrected chi connectivity index (χ2v) is 4.69. The average molecular weight is 294 g/mol. The highest BCUT2D eigenvalue weighted by atomic mass is 16.5. The lowest BCUT2D eigenvalue weighted by Crippen LogP contribution is -2.53. The molecule has 1 aromatic carbocycles. The molecule has 0 saturated carbocycles. The van der Waals surface area contributed by atoms with Gasteiger partial charge in [0.2, 0.25) is 0 Å². The van der Waals surface area contributed by atoms with Crippen LogP contribution in [0.3, 0.4) is 0 Å². The Morgan fingerprint density at radius 2 is 2.24 bits per heavy atom. The Balaban J connectivity index is 2.14. The number of benzene rings is 1. The molecule has 2 rings (SSSR count). The van der Waals surface area contributed by atoms with Crippen LogP contribution in [0.2, 0.25) is 0 Å². The summed E-state index contributed by atoms with van der Waals surface area (Å²) in [5.74, 6) is -1.00. The number of urea groups is 1. The number of ether oxygens (including phenoxy) is 1. The molecule has 1 saturated heterocycles. The highest BCUT2D eigenvalue weighted by Gasteiger charge is 2.31. The number of carbonyl (C=O) groups is 2. The molecule has 1 aliphatic rings. The van der Waals surface area contributed by atoms with Crippen molar-refractivity contribution >= 4 is 17.7 Å². The molecular weight excluding hydrogens is 276 g/mol. The summed E-state index contributed by atoms with van der Waals surface area (Å²) in [4.78, 5) is 26.4. The quantitative estimate of drug-likeness (QED) is 0.872. The number of phenolic OH excluding ortho intramolecular Hbond substituents is 1. The van der Waals surface area contributed by atoms with Crippen LogP contribution >= 0.6 is 0 Å². The van der Waals surface area contributed by atoms with Crippen molar-refractivity contribution in [1.82, 2.24) is 4.90 Å². The Morgan fingerprint density at radius 1 is 1.48 bits per heavy atom. The van der Waals surface area contributed by atoms with E-state index in [0.717, 1.165) is 0 Å². The van der Waals surface area contributed by atoms with Gasteiger partial charge in [0.1, 0.15) is 5.75 Å². The lowest BCUT2D eigenvalue weighted by molar-refractivity contribution is -0.154. The van der Waals surface area contributed by atoms with Gasteiger partial charge in [-0.1, -0.05) is 6.07 Å². The number of hydrogen-bond donors (Lipinski definition) is 2. The van der Waals surface area contributed by atoms with Crippen LogP contribution in [0.4, 0.5) is 10.5 Å². The molecule has 0 spiro atoms. The third-order valence-corrected chi connectivity index (χ3v) is 3.30. The number of phenols is 1. The number of aliphatic carboxylic acids is 1. The van der Waals surface area contributed by atoms with E-state index in [9.17, 15) is 14.7 Å². The van der Waals surface area contributed by atoms with E-state index >= 15 is 0 Å². The fraction of sp³-hybridized carbons (Fsp3) is 0.429. The summed E-state index contributed by atoms with van der Waals surface area (Å²) < 4.78 is 5.11. The first-order valence-corrected chi connectivity index (χ1v) is 6.72. The summed E-state index contributed by atoms with van der Waals surface area (Å²) in [6.45, 7) is 2.79. The molecule has 7 heteroatoms. The van der Waals surface area contributed by atoms with Crippen molar-refractivity contribution in [3.63, 3.8) is 0 Å². The van der Waals surface area contributed by atoms with Crippen molar-refractivity contribution in [3.8, 4) is 5.75 Å². The zero-order chi connectivity index (χ0) is 15.4. The van der Waals surface area contributed by atoms with E-state index in [1.54, 1.807) is 12.1 Å². The maximum atomic E-state index is 12.5. The highest BCUT2D eigenvalue weighted by Crippen LogP contribution is 2.21. The number of morpholine rings is 1. The first kappa shape index (κ1) is 15.1. The minimum absolute atomic E-state index is 0.0173. The number of anilines is 1. The number of carboxylic acid groups (broad SMARTS) is 1. The van der Waals surface area contributed by atoms with Gasteiger partial charge in [-0.2, -0.15) is 0 Å². The lowest BCUT2D eigenvalue weighted by atomic mass is 10.2. The first-order chi connectivity index (χ1) is 10.0. The van der Waals surface area contributed by atoms with Gasteiger partial charge in [0.15, 0.2) is 6.10 Å². The number of aromatic hydroxyl groups is 1. The number of nitrogens with zero attached hydrogens (tertiary/aromatic N) is 2. The molecule has 21 heavy (non-hydrogen) atoms. The van der Waals surface area contributed by atoms with E-state index in [1.165, 1.54) is 21.9 Å². The van der Waals surface area contributed by atoms with Crippen molar-refractivity contribution < 1.29 is 24.5 Å². The molecule has 114 valence electrons. The molecule has 0 aliphatic carbocycles. The molecule has 1 fully saturated rings. The predicted molar refractivity (Wildman–Crippen MR) is 75.5 cm³/mol. The molecule has 0 aromatic heterocycles. The van der Waals surface area contributed by atoms with Gasteiger partial charge in [-0.05, 0) is 19.1 Å². The van der Waals surface area contributed by atoms with Gasteiger partial charge in [-0.15, -0.1) is 0 Å². The molecule has 7 nitrogen and oxygen atoms in total. The van der Waals surface area contributed by atoms with Gasteiger partial charge < -0.3 is 19.8 Å². The molecule has 1 heterocycles. The van der Waals surface area contributed by atoms with E-state index in [0.29, 0.717) is 18.8 Å². The van der Waals surface area contributed by atoms with Crippen molar-refractivity contribution in [2.45, 2.75) is 13.0 Å². The van der Waals surface area contributed by atoms with Crippen LogP contribution in [0.5, 0.6) is 5.75 Å². The molecular formula is C14H18N2O5. The summed E-state index contributed by atoms with van der Waals surface area (Å²) in [5.41, 5.74) is 0.570. The van der Waals surface area contributed by atoms with Crippen molar-refractivity contribution in [2.24, 2.45) is 0 Å². The molecule has 1 aromatic rings. The Labute approximate surface area is 122 Å². The average Bonchev–Trinajstić information content (AvgIpc) is 2.48. The van der Waals surface area contributed by atoms with Gasteiger partial charge >= 0.3 is 12.0 Å². The Hall–Kier alpha value is -2.28. The first-order valence-electron chi connectivity index (χ1n) is 6.72. The van der Waals surface area contributed by atoms with Gasteiger partial charge in [-0.3, -0.25) is 4.90 Å². The van der Waals surface area contributed by atoms with E-state index in [4.69, 9.17) is 9.84 Å². The van der Waals surface area contributed by atoms with Crippen molar-refractivity contribution in [3.05, 3.63) is 24.3 Å². The van der Waals surface area contributed by atoms with Crippen LogP contribution in [-0.2, 0) is 9.53 Å². The normalized spacial score (nSPS) is 18.3. The second-order valence-electron chi connectivity index (χ2n) is 4.69. The van der Waals surface area contributed by atoms with Crippen LogP contribution in [0.15, 0.2) is 24.3 Å². The summed E-state index contributed by atoms with van der Waals surface area (Å²) in [5, 5.41) is 18.5.